The van der Waals surface area contributed by atoms with E-state index in [1.807, 2.05) is 61.5 Å². The van der Waals surface area contributed by atoms with Crippen LogP contribution in [0.25, 0.3) is 6.08 Å². The van der Waals surface area contributed by atoms with E-state index in [1.165, 1.54) is 0 Å². The lowest BCUT2D eigenvalue weighted by Gasteiger charge is -2.37. The zero-order valence-corrected chi connectivity index (χ0v) is 16.0. The minimum atomic E-state index is -0.508. The maximum Gasteiger partial charge on any atom is 0.136 e. The lowest BCUT2D eigenvalue weighted by molar-refractivity contribution is -0.123. The van der Waals surface area contributed by atoms with Crippen LogP contribution in [0.15, 0.2) is 97.1 Å². The van der Waals surface area contributed by atoms with Crippen LogP contribution in [0.4, 0.5) is 0 Å². The van der Waals surface area contributed by atoms with Crippen molar-refractivity contribution in [3.05, 3.63) is 114 Å². The van der Waals surface area contributed by atoms with E-state index in [9.17, 15) is 4.79 Å². The summed E-state index contributed by atoms with van der Waals surface area (Å²) >= 11 is 0. The van der Waals surface area contributed by atoms with Crippen LogP contribution < -0.4 is 0 Å². The molecule has 0 aromatic heterocycles. The number of benzene rings is 3. The van der Waals surface area contributed by atoms with Crippen LogP contribution in [0.2, 0.25) is 0 Å². The van der Waals surface area contributed by atoms with Crippen LogP contribution in [0, 0.1) is 5.92 Å². The molecule has 0 aliphatic heterocycles. The Morgan fingerprint density at radius 2 is 1.26 bits per heavy atom. The predicted molar refractivity (Wildman–Crippen MR) is 114 cm³/mol. The molecule has 1 heteroatoms. The maximum atomic E-state index is 12.9. The summed E-state index contributed by atoms with van der Waals surface area (Å²) in [4.78, 5) is 12.9. The van der Waals surface area contributed by atoms with Gasteiger partial charge in [0.15, 0.2) is 0 Å². The third-order valence-electron chi connectivity index (χ3n) is 5.36. The molecule has 1 atom stereocenters. The Kier molecular flexibility index (Phi) is 6.03. The van der Waals surface area contributed by atoms with Crippen LogP contribution in [0.3, 0.4) is 0 Å². The van der Waals surface area contributed by atoms with E-state index >= 15 is 0 Å². The molecule has 0 bridgehead atoms. The van der Waals surface area contributed by atoms with Crippen LogP contribution in [0.5, 0.6) is 0 Å². The minimum absolute atomic E-state index is 0.174. The second-order valence-corrected chi connectivity index (χ2v) is 6.89. The molecular weight excluding hydrogens is 328 g/mol. The fraction of sp³-hybridized carbons (Fsp3) is 0.192. The standard InChI is InChI=1S/C26H26O/c1-3-25(27)21(2)26(23-15-9-5-10-16-23,24-17-11-6-12-18-24)20-19-22-13-7-4-8-14-22/h4-21H,3H2,1-2H3/b20-19+. The van der Waals surface area contributed by atoms with Crippen LogP contribution in [-0.4, -0.2) is 5.78 Å². The molecule has 27 heavy (non-hydrogen) atoms. The van der Waals surface area contributed by atoms with Gasteiger partial charge in [-0.1, -0.05) is 117 Å². The average Bonchev–Trinajstić information content (AvgIpc) is 2.75. The summed E-state index contributed by atoms with van der Waals surface area (Å²) in [6, 6.07) is 31.0. The Morgan fingerprint density at radius 1 is 0.815 bits per heavy atom. The fourth-order valence-corrected chi connectivity index (χ4v) is 3.78. The van der Waals surface area contributed by atoms with Crippen molar-refractivity contribution in [1.29, 1.82) is 0 Å². The third-order valence-corrected chi connectivity index (χ3v) is 5.36. The van der Waals surface area contributed by atoms with Crippen LogP contribution >= 0.6 is 0 Å². The highest BCUT2D eigenvalue weighted by Gasteiger charge is 2.40. The Balaban J connectivity index is 2.25. The molecule has 1 unspecified atom stereocenters. The normalized spacial score (nSPS) is 12.8. The second kappa shape index (κ2) is 8.64. The molecule has 0 saturated carbocycles. The molecule has 1 nitrogen and oxygen atoms in total. The van der Waals surface area contributed by atoms with E-state index in [1.54, 1.807) is 0 Å². The van der Waals surface area contributed by atoms with Gasteiger partial charge in [0.05, 0.1) is 0 Å². The largest absolute Gasteiger partial charge is 0.299 e. The van der Waals surface area contributed by atoms with E-state index in [-0.39, 0.29) is 11.7 Å². The quantitative estimate of drug-likeness (QED) is 0.486. The molecule has 0 N–H and O–H groups in total. The molecular formula is C26H26O. The maximum absolute atomic E-state index is 12.9. The minimum Gasteiger partial charge on any atom is -0.299 e. The molecule has 3 aromatic rings. The summed E-state index contributed by atoms with van der Waals surface area (Å²) in [5.74, 6) is 0.0904. The topological polar surface area (TPSA) is 17.1 Å². The van der Waals surface area contributed by atoms with Gasteiger partial charge in [-0.2, -0.15) is 0 Å². The molecule has 3 rings (SSSR count). The van der Waals surface area contributed by atoms with Crippen molar-refractivity contribution in [3.63, 3.8) is 0 Å². The SMILES string of the molecule is CCC(=O)C(C)C(/C=C/c1ccccc1)(c1ccccc1)c1ccccc1. The van der Waals surface area contributed by atoms with Crippen molar-refractivity contribution in [2.24, 2.45) is 5.92 Å². The van der Waals surface area contributed by atoms with Crippen molar-refractivity contribution in [3.8, 4) is 0 Å². The summed E-state index contributed by atoms with van der Waals surface area (Å²) < 4.78 is 0. The Morgan fingerprint density at radius 3 is 1.70 bits per heavy atom. The van der Waals surface area contributed by atoms with E-state index in [0.29, 0.717) is 6.42 Å². The molecule has 0 heterocycles. The number of allylic oxidation sites excluding steroid dienone is 1. The number of rotatable bonds is 7. The smallest absolute Gasteiger partial charge is 0.136 e. The van der Waals surface area contributed by atoms with Gasteiger partial charge in [-0.05, 0) is 16.7 Å². The van der Waals surface area contributed by atoms with Crippen LogP contribution in [-0.2, 0) is 10.2 Å². The molecule has 0 aliphatic rings. The molecule has 0 spiro atoms. The summed E-state index contributed by atoms with van der Waals surface area (Å²) in [7, 11) is 0. The first-order chi connectivity index (χ1) is 13.2. The predicted octanol–water partition coefficient (Wildman–Crippen LogP) is 6.30. The molecule has 136 valence electrons. The summed E-state index contributed by atoms with van der Waals surface area (Å²) in [6.45, 7) is 4.00. The zero-order chi connectivity index (χ0) is 19.1. The van der Waals surface area contributed by atoms with Crippen LogP contribution in [0.1, 0.15) is 37.0 Å². The molecule has 0 aliphatic carbocycles. The number of carbonyl (C=O) groups is 1. The highest BCUT2D eigenvalue weighted by atomic mass is 16.1. The summed E-state index contributed by atoms with van der Waals surface area (Å²) in [5.41, 5.74) is 2.89. The number of Topliss-reactive ketones (excluding diaryl/α,β-unsaturated/α-hetero) is 1. The first-order valence-corrected chi connectivity index (χ1v) is 9.56. The number of hydrogen-bond acceptors (Lipinski definition) is 1. The number of hydrogen-bond donors (Lipinski definition) is 0. The highest BCUT2D eigenvalue weighted by Crippen LogP contribution is 2.42. The van der Waals surface area contributed by atoms with E-state index in [4.69, 9.17) is 0 Å². The van der Waals surface area contributed by atoms with Gasteiger partial charge in [0, 0.05) is 17.8 Å². The Bertz CT molecular complexity index is 840. The van der Waals surface area contributed by atoms with Gasteiger partial charge in [-0.15, -0.1) is 0 Å². The van der Waals surface area contributed by atoms with Gasteiger partial charge in [0.1, 0.15) is 5.78 Å². The van der Waals surface area contributed by atoms with Gasteiger partial charge >= 0.3 is 0 Å². The van der Waals surface area contributed by atoms with Crippen molar-refractivity contribution in [1.82, 2.24) is 0 Å². The molecule has 0 saturated heterocycles. The van der Waals surface area contributed by atoms with E-state index < -0.39 is 5.41 Å². The first kappa shape index (κ1) is 18.8. The van der Waals surface area contributed by atoms with Crippen molar-refractivity contribution < 1.29 is 4.79 Å². The molecule has 0 amide bonds. The van der Waals surface area contributed by atoms with E-state index in [2.05, 4.69) is 55.5 Å². The van der Waals surface area contributed by atoms with Gasteiger partial charge in [0.2, 0.25) is 0 Å². The third kappa shape index (κ3) is 3.93. The molecule has 0 fully saturated rings. The summed E-state index contributed by atoms with van der Waals surface area (Å²) in [6.07, 6.45) is 4.88. The second-order valence-electron chi connectivity index (χ2n) is 6.89. The van der Waals surface area contributed by atoms with Gasteiger partial charge < -0.3 is 0 Å². The monoisotopic (exact) mass is 354 g/mol. The Hall–Kier alpha value is -2.93. The number of carbonyl (C=O) groups excluding carboxylic acids is 1. The van der Waals surface area contributed by atoms with Gasteiger partial charge in [-0.3, -0.25) is 4.79 Å². The first-order valence-electron chi connectivity index (χ1n) is 9.56. The fourth-order valence-electron chi connectivity index (χ4n) is 3.78. The lowest BCUT2D eigenvalue weighted by Crippen LogP contribution is -2.37. The zero-order valence-electron chi connectivity index (χ0n) is 16.0. The van der Waals surface area contributed by atoms with Gasteiger partial charge in [0.25, 0.3) is 0 Å². The van der Waals surface area contributed by atoms with Crippen molar-refractivity contribution in [2.45, 2.75) is 25.7 Å². The highest BCUT2D eigenvalue weighted by molar-refractivity contribution is 5.84. The van der Waals surface area contributed by atoms with E-state index in [0.717, 1.165) is 16.7 Å². The van der Waals surface area contributed by atoms with Gasteiger partial charge in [-0.25, -0.2) is 0 Å². The molecule has 0 radical (unpaired) electrons. The van der Waals surface area contributed by atoms with Crippen molar-refractivity contribution >= 4 is 11.9 Å². The van der Waals surface area contributed by atoms with Crippen molar-refractivity contribution in [2.75, 3.05) is 0 Å². The Labute approximate surface area is 162 Å². The average molecular weight is 354 g/mol. The molecule has 3 aromatic carbocycles. The number of ketones is 1. The lowest BCUT2D eigenvalue weighted by atomic mass is 9.64. The summed E-state index contributed by atoms with van der Waals surface area (Å²) in [5, 5.41) is 0.